The van der Waals surface area contributed by atoms with Gasteiger partial charge in [-0.2, -0.15) is 5.26 Å². The van der Waals surface area contributed by atoms with Crippen molar-refractivity contribution in [2.75, 3.05) is 0 Å². The molecule has 1 heterocycles. The normalized spacial score (nSPS) is 9.18. The summed E-state index contributed by atoms with van der Waals surface area (Å²) < 4.78 is 1.39. The topological polar surface area (TPSA) is 45.8 Å². The second-order valence-corrected chi connectivity index (χ2v) is 2.40. The minimum absolute atomic E-state index is 0.229. The second kappa shape index (κ2) is 2.59. The van der Waals surface area contributed by atoms with Gasteiger partial charge in [0.05, 0.1) is 0 Å². The fourth-order valence-corrected chi connectivity index (χ4v) is 0.856. The Kier molecular flexibility index (Phi) is 1.77. The van der Waals surface area contributed by atoms with Crippen LogP contribution in [0.15, 0.2) is 17.1 Å². The Labute approximate surface area is 64.5 Å². The first-order valence-corrected chi connectivity index (χ1v) is 3.23. The van der Waals surface area contributed by atoms with Crippen LogP contribution in [0, 0.1) is 18.3 Å². The first kappa shape index (κ1) is 7.55. The van der Waals surface area contributed by atoms with E-state index in [0.29, 0.717) is 0 Å². The maximum absolute atomic E-state index is 11.2. The van der Waals surface area contributed by atoms with Crippen molar-refractivity contribution in [2.45, 2.75) is 6.92 Å². The molecule has 3 heteroatoms. The van der Waals surface area contributed by atoms with Crippen molar-refractivity contribution in [3.63, 3.8) is 0 Å². The lowest BCUT2D eigenvalue weighted by molar-refractivity contribution is 0.850. The number of nitriles is 1. The fraction of sp³-hybridized carbons (Fsp3) is 0.250. The van der Waals surface area contributed by atoms with Crippen LogP contribution in [0.2, 0.25) is 0 Å². The van der Waals surface area contributed by atoms with Crippen molar-refractivity contribution in [3.05, 3.63) is 33.7 Å². The van der Waals surface area contributed by atoms with Crippen molar-refractivity contribution < 1.29 is 0 Å². The Morgan fingerprint density at radius 3 is 2.73 bits per heavy atom. The van der Waals surface area contributed by atoms with E-state index < -0.39 is 0 Å². The summed E-state index contributed by atoms with van der Waals surface area (Å²) in [7, 11) is 1.63. The smallest absolute Gasteiger partial charge is 0.268 e. The highest BCUT2D eigenvalue weighted by molar-refractivity contribution is 5.33. The summed E-state index contributed by atoms with van der Waals surface area (Å²) in [6, 6.07) is 3.62. The molecular formula is C8H8N2O. The molecule has 1 rings (SSSR count). The van der Waals surface area contributed by atoms with Gasteiger partial charge in [0, 0.05) is 13.2 Å². The average Bonchev–Trinajstić information content (AvgIpc) is 1.99. The highest BCUT2D eigenvalue weighted by Gasteiger charge is 2.02. The zero-order valence-corrected chi connectivity index (χ0v) is 6.46. The van der Waals surface area contributed by atoms with E-state index in [2.05, 4.69) is 0 Å². The number of aryl methyl sites for hydroxylation is 2. The Morgan fingerprint density at radius 2 is 2.27 bits per heavy atom. The number of rotatable bonds is 0. The highest BCUT2D eigenvalue weighted by atomic mass is 16.1. The molecule has 0 aliphatic rings. The molecule has 0 fully saturated rings. The van der Waals surface area contributed by atoms with Crippen molar-refractivity contribution in [3.8, 4) is 6.07 Å². The maximum atomic E-state index is 11.2. The zero-order chi connectivity index (χ0) is 8.43. The highest BCUT2D eigenvalue weighted by Crippen LogP contribution is 1.97. The van der Waals surface area contributed by atoms with Gasteiger partial charge in [-0.1, -0.05) is 0 Å². The van der Waals surface area contributed by atoms with Crippen molar-refractivity contribution in [1.29, 1.82) is 5.26 Å². The molecule has 0 N–H and O–H groups in total. The van der Waals surface area contributed by atoms with Crippen LogP contribution in [0.4, 0.5) is 0 Å². The lowest BCUT2D eigenvalue weighted by Crippen LogP contribution is -2.19. The number of aromatic nitrogens is 1. The lowest BCUT2D eigenvalue weighted by atomic mass is 10.2. The number of pyridine rings is 1. The third-order valence-corrected chi connectivity index (χ3v) is 1.59. The standard InChI is InChI=1S/C8H8N2O/c1-6-3-4-10(2)8(11)7(6)5-9/h3-4H,1-2H3. The van der Waals surface area contributed by atoms with Gasteiger partial charge in [-0.15, -0.1) is 0 Å². The van der Waals surface area contributed by atoms with E-state index in [9.17, 15) is 4.79 Å². The number of nitrogens with zero attached hydrogens (tertiary/aromatic N) is 2. The predicted molar refractivity (Wildman–Crippen MR) is 41.1 cm³/mol. The fourth-order valence-electron chi connectivity index (χ4n) is 0.856. The SMILES string of the molecule is Cc1ccn(C)c(=O)c1C#N. The van der Waals surface area contributed by atoms with E-state index >= 15 is 0 Å². The van der Waals surface area contributed by atoms with Gasteiger partial charge in [-0.25, -0.2) is 0 Å². The molecule has 1 aromatic rings. The summed E-state index contributed by atoms with van der Waals surface area (Å²) in [5, 5.41) is 8.56. The molecular weight excluding hydrogens is 140 g/mol. The van der Waals surface area contributed by atoms with Gasteiger partial charge >= 0.3 is 0 Å². The first-order chi connectivity index (χ1) is 5.16. The number of hydrogen-bond donors (Lipinski definition) is 0. The lowest BCUT2D eigenvalue weighted by Gasteiger charge is -1.98. The monoisotopic (exact) mass is 148 g/mol. The Bertz CT molecular complexity index is 371. The third kappa shape index (κ3) is 1.15. The molecule has 0 aliphatic heterocycles. The zero-order valence-electron chi connectivity index (χ0n) is 6.46. The molecule has 56 valence electrons. The molecule has 0 aromatic carbocycles. The summed E-state index contributed by atoms with van der Waals surface area (Å²) in [6.45, 7) is 1.75. The van der Waals surface area contributed by atoms with Gasteiger partial charge in [0.25, 0.3) is 5.56 Å². The molecule has 0 atom stereocenters. The van der Waals surface area contributed by atoms with E-state index in [-0.39, 0.29) is 11.1 Å². The van der Waals surface area contributed by atoms with Gasteiger partial charge < -0.3 is 4.57 Å². The molecule has 0 unspecified atom stereocenters. The van der Waals surface area contributed by atoms with Gasteiger partial charge in [-0.3, -0.25) is 4.79 Å². The molecule has 0 radical (unpaired) electrons. The molecule has 0 amide bonds. The van der Waals surface area contributed by atoms with E-state index in [1.165, 1.54) is 4.57 Å². The van der Waals surface area contributed by atoms with Crippen LogP contribution < -0.4 is 5.56 Å². The molecule has 0 saturated heterocycles. The van der Waals surface area contributed by atoms with Crippen LogP contribution >= 0.6 is 0 Å². The van der Waals surface area contributed by atoms with E-state index in [4.69, 9.17) is 5.26 Å². The molecule has 1 aromatic heterocycles. The Hall–Kier alpha value is -1.56. The summed E-state index contributed by atoms with van der Waals surface area (Å²) in [4.78, 5) is 11.2. The molecule has 0 spiro atoms. The van der Waals surface area contributed by atoms with Crippen molar-refractivity contribution in [2.24, 2.45) is 7.05 Å². The van der Waals surface area contributed by atoms with Crippen LogP contribution in [0.1, 0.15) is 11.1 Å². The number of hydrogen-bond acceptors (Lipinski definition) is 2. The Balaban J connectivity index is 3.58. The van der Waals surface area contributed by atoms with E-state index in [1.54, 1.807) is 26.2 Å². The van der Waals surface area contributed by atoms with Crippen LogP contribution in [-0.4, -0.2) is 4.57 Å². The summed E-state index contributed by atoms with van der Waals surface area (Å²) in [5.74, 6) is 0. The van der Waals surface area contributed by atoms with E-state index in [1.807, 2.05) is 6.07 Å². The van der Waals surface area contributed by atoms with Gasteiger partial charge in [0.15, 0.2) is 0 Å². The largest absolute Gasteiger partial charge is 0.317 e. The summed E-state index contributed by atoms with van der Waals surface area (Å²) in [5.41, 5.74) is 0.734. The van der Waals surface area contributed by atoms with Crippen LogP contribution in [0.3, 0.4) is 0 Å². The third-order valence-electron chi connectivity index (χ3n) is 1.59. The van der Waals surface area contributed by atoms with Gasteiger partial charge in [-0.05, 0) is 18.6 Å². The minimum atomic E-state index is -0.229. The molecule has 0 aliphatic carbocycles. The predicted octanol–water partition coefficient (Wildman–Crippen LogP) is 0.565. The molecule has 3 nitrogen and oxygen atoms in total. The van der Waals surface area contributed by atoms with Crippen molar-refractivity contribution in [1.82, 2.24) is 4.57 Å². The van der Waals surface area contributed by atoms with Crippen molar-refractivity contribution >= 4 is 0 Å². The molecule has 11 heavy (non-hydrogen) atoms. The maximum Gasteiger partial charge on any atom is 0.268 e. The average molecular weight is 148 g/mol. The summed E-state index contributed by atoms with van der Waals surface area (Å²) >= 11 is 0. The molecule has 0 bridgehead atoms. The van der Waals surface area contributed by atoms with Gasteiger partial charge in [0.1, 0.15) is 11.6 Å². The van der Waals surface area contributed by atoms with Crippen LogP contribution in [0.25, 0.3) is 0 Å². The molecule has 0 saturated carbocycles. The second-order valence-electron chi connectivity index (χ2n) is 2.40. The van der Waals surface area contributed by atoms with Gasteiger partial charge in [0.2, 0.25) is 0 Å². The summed E-state index contributed by atoms with van der Waals surface area (Å²) in [6.07, 6.45) is 1.65. The van der Waals surface area contributed by atoms with Crippen LogP contribution in [-0.2, 0) is 7.05 Å². The first-order valence-electron chi connectivity index (χ1n) is 3.23. The minimum Gasteiger partial charge on any atom is -0.317 e. The Morgan fingerprint density at radius 1 is 1.64 bits per heavy atom. The van der Waals surface area contributed by atoms with Crippen LogP contribution in [0.5, 0.6) is 0 Å². The van der Waals surface area contributed by atoms with E-state index in [0.717, 1.165) is 5.56 Å². The quantitative estimate of drug-likeness (QED) is 0.539.